The molecule has 0 atom stereocenters. The number of benzene rings is 1. The Balaban J connectivity index is 1.54. The second-order valence-corrected chi connectivity index (χ2v) is 7.44. The first-order valence-corrected chi connectivity index (χ1v) is 9.64. The topological polar surface area (TPSA) is 72.7 Å². The van der Waals surface area contributed by atoms with Crippen LogP contribution >= 0.6 is 11.6 Å². The molecule has 0 saturated heterocycles. The summed E-state index contributed by atoms with van der Waals surface area (Å²) in [7, 11) is 0. The zero-order chi connectivity index (χ0) is 19.7. The standard InChI is InChI=1S/C21H20ClN3O3/c1-13-8-9-25-19(10-13)23-12-16(21(25)27)20(26)24-14-6-7-18(17(22)11-14)28-15-4-2-3-5-15/h6-12,15H,2-5H2,1H3,(H,24,26). The van der Waals surface area contributed by atoms with Crippen LogP contribution in [0.3, 0.4) is 0 Å². The molecule has 0 aliphatic heterocycles. The van der Waals surface area contributed by atoms with Gasteiger partial charge in [-0.15, -0.1) is 0 Å². The van der Waals surface area contributed by atoms with Gasteiger partial charge in [-0.3, -0.25) is 14.0 Å². The summed E-state index contributed by atoms with van der Waals surface area (Å²) in [6.45, 7) is 1.91. The highest BCUT2D eigenvalue weighted by Crippen LogP contribution is 2.31. The van der Waals surface area contributed by atoms with Crippen LogP contribution < -0.4 is 15.6 Å². The fourth-order valence-electron chi connectivity index (χ4n) is 3.39. The molecule has 1 aliphatic carbocycles. The lowest BCUT2D eigenvalue weighted by molar-refractivity contribution is 0.102. The summed E-state index contributed by atoms with van der Waals surface area (Å²) in [5.41, 5.74) is 1.51. The van der Waals surface area contributed by atoms with E-state index in [1.165, 1.54) is 23.4 Å². The van der Waals surface area contributed by atoms with E-state index in [1.54, 1.807) is 36.5 Å². The summed E-state index contributed by atoms with van der Waals surface area (Å²) in [4.78, 5) is 29.4. The molecule has 2 aromatic heterocycles. The molecular formula is C21H20ClN3O3. The minimum Gasteiger partial charge on any atom is -0.489 e. The van der Waals surface area contributed by atoms with E-state index in [-0.39, 0.29) is 11.7 Å². The number of aryl methyl sites for hydroxylation is 1. The SMILES string of the molecule is Cc1ccn2c(=O)c(C(=O)Nc3ccc(OC4CCCC4)c(Cl)c3)cnc2c1. The number of nitrogens with zero attached hydrogens (tertiary/aromatic N) is 2. The Bertz CT molecular complexity index is 1100. The van der Waals surface area contributed by atoms with Crippen LogP contribution in [0, 0.1) is 6.92 Å². The third-order valence-corrected chi connectivity index (χ3v) is 5.19. The van der Waals surface area contributed by atoms with Crippen LogP contribution in [0.5, 0.6) is 5.75 Å². The predicted octanol–water partition coefficient (Wildman–Crippen LogP) is 4.23. The molecule has 3 aromatic rings. The molecule has 2 heterocycles. The summed E-state index contributed by atoms with van der Waals surface area (Å²) >= 11 is 6.31. The normalized spacial score (nSPS) is 14.4. The van der Waals surface area contributed by atoms with Crippen molar-refractivity contribution in [2.24, 2.45) is 0 Å². The van der Waals surface area contributed by atoms with Crippen molar-refractivity contribution in [2.75, 3.05) is 5.32 Å². The number of aromatic nitrogens is 2. The summed E-state index contributed by atoms with van der Waals surface area (Å²) in [5, 5.41) is 3.13. The Morgan fingerprint density at radius 1 is 1.25 bits per heavy atom. The van der Waals surface area contributed by atoms with Gasteiger partial charge < -0.3 is 10.1 Å². The molecule has 0 bridgehead atoms. The first-order chi connectivity index (χ1) is 13.5. The summed E-state index contributed by atoms with van der Waals surface area (Å²) < 4.78 is 7.27. The molecular weight excluding hydrogens is 378 g/mol. The lowest BCUT2D eigenvalue weighted by Gasteiger charge is -2.15. The Hall–Kier alpha value is -2.86. The number of anilines is 1. The molecule has 144 valence electrons. The number of nitrogens with one attached hydrogen (secondary N) is 1. The first kappa shape index (κ1) is 18.5. The minimum absolute atomic E-state index is 0.0382. The van der Waals surface area contributed by atoms with Crippen LogP contribution in [0.15, 0.2) is 47.5 Å². The molecule has 0 unspecified atom stereocenters. The highest BCUT2D eigenvalue weighted by Gasteiger charge is 2.18. The number of halogens is 1. The van der Waals surface area contributed by atoms with Crippen molar-refractivity contribution in [1.29, 1.82) is 0 Å². The maximum Gasteiger partial charge on any atom is 0.270 e. The molecule has 0 radical (unpaired) electrons. The van der Waals surface area contributed by atoms with Crippen LogP contribution in [-0.2, 0) is 0 Å². The Labute approximate surface area is 167 Å². The van der Waals surface area contributed by atoms with Gasteiger partial charge >= 0.3 is 0 Å². The number of carbonyl (C=O) groups is 1. The van der Waals surface area contributed by atoms with E-state index in [0.717, 1.165) is 18.4 Å². The van der Waals surface area contributed by atoms with Gasteiger partial charge in [-0.2, -0.15) is 0 Å². The Morgan fingerprint density at radius 3 is 2.79 bits per heavy atom. The Kier molecular flexibility index (Phi) is 5.05. The predicted molar refractivity (Wildman–Crippen MR) is 108 cm³/mol. The van der Waals surface area contributed by atoms with E-state index in [0.29, 0.717) is 22.1 Å². The molecule has 6 nitrogen and oxygen atoms in total. The third kappa shape index (κ3) is 3.73. The number of rotatable bonds is 4. The van der Waals surface area contributed by atoms with Gasteiger partial charge in [-0.25, -0.2) is 4.98 Å². The lowest BCUT2D eigenvalue weighted by atomic mass is 10.2. The molecule has 28 heavy (non-hydrogen) atoms. The molecule has 7 heteroatoms. The largest absolute Gasteiger partial charge is 0.489 e. The minimum atomic E-state index is -0.534. The smallest absolute Gasteiger partial charge is 0.270 e. The van der Waals surface area contributed by atoms with Gasteiger partial charge in [0.2, 0.25) is 0 Å². The summed E-state index contributed by atoms with van der Waals surface area (Å²) in [5.74, 6) is 0.0716. The van der Waals surface area contributed by atoms with Crippen molar-refractivity contribution in [2.45, 2.75) is 38.7 Å². The molecule has 1 aliphatic rings. The van der Waals surface area contributed by atoms with Gasteiger partial charge in [0.05, 0.1) is 11.1 Å². The van der Waals surface area contributed by atoms with Gasteiger partial charge in [-0.05, 0) is 68.5 Å². The molecule has 0 spiro atoms. The average Bonchev–Trinajstić information content (AvgIpc) is 3.17. The van der Waals surface area contributed by atoms with E-state index < -0.39 is 11.5 Å². The average molecular weight is 398 g/mol. The fourth-order valence-corrected chi connectivity index (χ4v) is 3.62. The van der Waals surface area contributed by atoms with Crippen molar-refractivity contribution in [3.63, 3.8) is 0 Å². The second-order valence-electron chi connectivity index (χ2n) is 7.03. The van der Waals surface area contributed by atoms with E-state index in [4.69, 9.17) is 16.3 Å². The van der Waals surface area contributed by atoms with Gasteiger partial charge in [0, 0.05) is 18.1 Å². The number of fused-ring (bicyclic) bond motifs is 1. The second kappa shape index (κ2) is 7.64. The highest BCUT2D eigenvalue weighted by atomic mass is 35.5. The van der Waals surface area contributed by atoms with Gasteiger partial charge in [0.1, 0.15) is 17.0 Å². The summed E-state index contributed by atoms with van der Waals surface area (Å²) in [6.07, 6.45) is 7.52. The maximum atomic E-state index is 12.6. The van der Waals surface area contributed by atoms with Crippen LogP contribution in [0.2, 0.25) is 5.02 Å². The van der Waals surface area contributed by atoms with E-state index >= 15 is 0 Å². The number of hydrogen-bond acceptors (Lipinski definition) is 4. The highest BCUT2D eigenvalue weighted by molar-refractivity contribution is 6.32. The molecule has 1 saturated carbocycles. The monoisotopic (exact) mass is 397 g/mol. The van der Waals surface area contributed by atoms with Crippen LogP contribution in [0.25, 0.3) is 5.65 Å². The number of amides is 1. The van der Waals surface area contributed by atoms with Gasteiger partial charge in [0.15, 0.2) is 0 Å². The van der Waals surface area contributed by atoms with Crippen LogP contribution in [0.1, 0.15) is 41.6 Å². The molecule has 1 fully saturated rings. The van der Waals surface area contributed by atoms with Gasteiger partial charge in [-0.1, -0.05) is 11.6 Å². The number of pyridine rings is 1. The molecule has 1 aromatic carbocycles. The number of carbonyl (C=O) groups excluding carboxylic acids is 1. The number of ether oxygens (including phenoxy) is 1. The van der Waals surface area contributed by atoms with Crippen molar-refractivity contribution in [3.05, 3.63) is 69.2 Å². The van der Waals surface area contributed by atoms with Crippen molar-refractivity contribution in [1.82, 2.24) is 9.38 Å². The first-order valence-electron chi connectivity index (χ1n) is 9.27. The van der Waals surface area contributed by atoms with E-state index in [1.807, 2.05) is 6.92 Å². The van der Waals surface area contributed by atoms with Gasteiger partial charge in [0.25, 0.3) is 11.5 Å². The molecule has 4 rings (SSSR count). The number of hydrogen-bond donors (Lipinski definition) is 1. The van der Waals surface area contributed by atoms with Crippen LogP contribution in [0.4, 0.5) is 5.69 Å². The van der Waals surface area contributed by atoms with E-state index in [2.05, 4.69) is 10.3 Å². The molecule has 1 N–H and O–H groups in total. The van der Waals surface area contributed by atoms with Crippen molar-refractivity contribution in [3.8, 4) is 5.75 Å². The quantitative estimate of drug-likeness (QED) is 0.715. The molecule has 1 amide bonds. The zero-order valence-corrected chi connectivity index (χ0v) is 16.2. The maximum absolute atomic E-state index is 12.6. The summed E-state index contributed by atoms with van der Waals surface area (Å²) in [6, 6.07) is 8.65. The fraction of sp³-hybridized carbons (Fsp3) is 0.286. The van der Waals surface area contributed by atoms with Crippen molar-refractivity contribution >= 4 is 28.8 Å². The van der Waals surface area contributed by atoms with Crippen molar-refractivity contribution < 1.29 is 9.53 Å². The zero-order valence-electron chi connectivity index (χ0n) is 15.4. The Morgan fingerprint density at radius 2 is 2.04 bits per heavy atom. The van der Waals surface area contributed by atoms with E-state index in [9.17, 15) is 9.59 Å². The lowest BCUT2D eigenvalue weighted by Crippen LogP contribution is -2.26. The van der Waals surface area contributed by atoms with Crippen LogP contribution in [-0.4, -0.2) is 21.4 Å². The third-order valence-electron chi connectivity index (χ3n) is 4.90.